The highest BCUT2D eigenvalue weighted by atomic mass is 35.5. The summed E-state index contributed by atoms with van der Waals surface area (Å²) in [4.78, 5) is 25.6. The number of aromatic nitrogens is 4. The summed E-state index contributed by atoms with van der Waals surface area (Å²) in [6.45, 7) is 6.05. The van der Waals surface area contributed by atoms with E-state index < -0.39 is 30.0 Å². The summed E-state index contributed by atoms with van der Waals surface area (Å²) in [6, 6.07) is 9.53. The van der Waals surface area contributed by atoms with E-state index in [2.05, 4.69) is 15.0 Å². The zero-order chi connectivity index (χ0) is 26.6. The van der Waals surface area contributed by atoms with E-state index in [-0.39, 0.29) is 43.3 Å². The Kier molecular flexibility index (Phi) is 8.60. The fourth-order valence-corrected chi connectivity index (χ4v) is 4.58. The van der Waals surface area contributed by atoms with Gasteiger partial charge in [0.2, 0.25) is 5.28 Å². The number of aliphatic hydroxyl groups is 1. The molecule has 37 heavy (non-hydrogen) atoms. The van der Waals surface area contributed by atoms with E-state index in [0.29, 0.717) is 17.8 Å². The molecule has 5 atom stereocenters. The maximum atomic E-state index is 13.2. The van der Waals surface area contributed by atoms with Crippen LogP contribution in [0, 0.1) is 5.92 Å². The molecule has 0 bridgehead atoms. The fraction of sp³-hybridized carbons (Fsp3) is 0.520. The average Bonchev–Trinajstić information content (AvgIpc) is 3.42. The molecule has 12 heteroatoms. The number of ether oxygens (including phenoxy) is 4. The monoisotopic (exact) mass is 533 g/mol. The summed E-state index contributed by atoms with van der Waals surface area (Å²) in [7, 11) is 0. The zero-order valence-electron chi connectivity index (χ0n) is 21.0. The molecule has 1 aliphatic heterocycles. The Balaban J connectivity index is 1.58. The van der Waals surface area contributed by atoms with Crippen molar-refractivity contribution in [2.75, 3.05) is 32.2 Å². The van der Waals surface area contributed by atoms with E-state index in [1.165, 1.54) is 6.33 Å². The van der Waals surface area contributed by atoms with Gasteiger partial charge in [-0.2, -0.15) is 9.97 Å². The van der Waals surface area contributed by atoms with Crippen LogP contribution in [0.2, 0.25) is 5.28 Å². The lowest BCUT2D eigenvalue weighted by molar-refractivity contribution is -0.188. The van der Waals surface area contributed by atoms with E-state index >= 15 is 0 Å². The third-order valence-corrected chi connectivity index (χ3v) is 6.64. The summed E-state index contributed by atoms with van der Waals surface area (Å²) >= 11 is 5.99. The minimum absolute atomic E-state index is 0.00512. The summed E-state index contributed by atoms with van der Waals surface area (Å²) < 4.78 is 25.2. The lowest BCUT2D eigenvalue weighted by Gasteiger charge is -2.33. The zero-order valence-corrected chi connectivity index (χ0v) is 21.8. The highest BCUT2D eigenvalue weighted by Crippen LogP contribution is 2.37. The lowest BCUT2D eigenvalue weighted by atomic mass is 9.94. The molecule has 4 rings (SSSR count). The Morgan fingerprint density at radius 1 is 1.24 bits per heavy atom. The van der Waals surface area contributed by atoms with Gasteiger partial charge in [0.05, 0.1) is 32.3 Å². The average molecular weight is 534 g/mol. The van der Waals surface area contributed by atoms with Gasteiger partial charge in [-0.25, -0.2) is 9.78 Å². The second kappa shape index (κ2) is 11.7. The van der Waals surface area contributed by atoms with Gasteiger partial charge in [0, 0.05) is 18.9 Å². The molecule has 1 unspecified atom stereocenters. The number of carbonyl (C=O) groups is 1. The van der Waals surface area contributed by atoms with Gasteiger partial charge >= 0.3 is 5.97 Å². The summed E-state index contributed by atoms with van der Waals surface area (Å²) in [5.41, 5.74) is 6.12. The molecule has 200 valence electrons. The Morgan fingerprint density at radius 3 is 2.70 bits per heavy atom. The molecule has 1 fully saturated rings. The van der Waals surface area contributed by atoms with Gasteiger partial charge in [-0.3, -0.25) is 4.57 Å². The molecular weight excluding hydrogens is 502 g/mol. The van der Waals surface area contributed by atoms with Crippen LogP contribution < -0.4 is 5.73 Å². The van der Waals surface area contributed by atoms with E-state index in [1.54, 1.807) is 11.5 Å². The lowest BCUT2D eigenvalue weighted by Crippen LogP contribution is -2.50. The molecule has 1 aliphatic rings. The van der Waals surface area contributed by atoms with Gasteiger partial charge in [0.1, 0.15) is 11.6 Å². The fourth-order valence-electron chi connectivity index (χ4n) is 4.41. The molecule has 0 saturated carbocycles. The van der Waals surface area contributed by atoms with Gasteiger partial charge in [-0.15, -0.1) is 0 Å². The topological polar surface area (TPSA) is 144 Å². The standard InChI is InChI=1S/C25H32ClN5O6/c1-4-34-13-25(23(33)35-5-2,11-16-9-7-6-8-10-16)36-12-17-15(3)19(32)22(37-17)31-14-28-18-20(27)29-24(26)30-21(18)31/h6-10,14-15,17,19,22,32H,4-5,11-13H2,1-3H3,(H2,27,29,30)/t15-,17+,19+,22+,25?/m0/s1. The first-order valence-electron chi connectivity index (χ1n) is 12.2. The quantitative estimate of drug-likeness (QED) is 0.278. The minimum Gasteiger partial charge on any atom is -0.464 e. The molecule has 11 nitrogen and oxygen atoms in total. The van der Waals surface area contributed by atoms with E-state index in [0.717, 1.165) is 5.56 Å². The SMILES string of the molecule is CCOCC(Cc1ccccc1)(OC[C@H]1O[C@@H](n2cnc3c(N)nc(Cl)nc32)[C@H](O)[C@H]1C)C(=O)OCC. The Hall–Kier alpha value is -2.83. The number of fused-ring (bicyclic) bond motifs is 1. The first-order valence-corrected chi connectivity index (χ1v) is 12.6. The number of aliphatic hydroxyl groups excluding tert-OH is 1. The van der Waals surface area contributed by atoms with Gasteiger partial charge in [0.15, 0.2) is 23.3 Å². The molecule has 1 saturated heterocycles. The number of benzene rings is 1. The van der Waals surface area contributed by atoms with E-state index in [1.807, 2.05) is 44.2 Å². The highest BCUT2D eigenvalue weighted by Gasteiger charge is 2.47. The molecule has 3 aromatic rings. The van der Waals surface area contributed by atoms with Gasteiger partial charge in [-0.05, 0) is 31.0 Å². The summed E-state index contributed by atoms with van der Waals surface area (Å²) in [6.07, 6.45) is -0.571. The number of imidazole rings is 1. The van der Waals surface area contributed by atoms with Crippen LogP contribution in [0.15, 0.2) is 36.7 Å². The van der Waals surface area contributed by atoms with Gasteiger partial charge in [0.25, 0.3) is 0 Å². The van der Waals surface area contributed by atoms with Crippen molar-refractivity contribution >= 4 is 34.6 Å². The third-order valence-electron chi connectivity index (χ3n) is 6.47. The van der Waals surface area contributed by atoms with Crippen LogP contribution in [0.3, 0.4) is 0 Å². The van der Waals surface area contributed by atoms with Crippen LogP contribution in [-0.4, -0.2) is 74.8 Å². The first-order chi connectivity index (χ1) is 17.8. The number of nitrogens with zero attached hydrogens (tertiary/aromatic N) is 4. The molecule has 3 heterocycles. The smallest absolute Gasteiger partial charge is 0.341 e. The number of rotatable bonds is 11. The van der Waals surface area contributed by atoms with Crippen molar-refractivity contribution in [3.05, 3.63) is 47.5 Å². The van der Waals surface area contributed by atoms with Crippen molar-refractivity contribution < 1.29 is 28.8 Å². The van der Waals surface area contributed by atoms with Crippen molar-refractivity contribution in [2.45, 2.75) is 51.2 Å². The van der Waals surface area contributed by atoms with Crippen LogP contribution >= 0.6 is 11.6 Å². The number of carbonyl (C=O) groups excluding carboxylic acids is 1. The molecule has 0 amide bonds. The largest absolute Gasteiger partial charge is 0.464 e. The first kappa shape index (κ1) is 27.2. The number of nitrogens with two attached hydrogens (primary N) is 1. The minimum atomic E-state index is -1.39. The molecule has 1 aromatic carbocycles. The number of nitrogen functional groups attached to an aromatic ring is 1. The van der Waals surface area contributed by atoms with Crippen molar-refractivity contribution in [3.63, 3.8) is 0 Å². The Labute approximate surface area is 219 Å². The number of halogens is 1. The third kappa shape index (κ3) is 5.70. The Morgan fingerprint density at radius 2 is 2.00 bits per heavy atom. The van der Waals surface area contributed by atoms with Gasteiger partial charge in [-0.1, -0.05) is 37.3 Å². The number of esters is 1. The second-order valence-electron chi connectivity index (χ2n) is 8.94. The molecule has 0 radical (unpaired) electrons. The number of hydrogen-bond donors (Lipinski definition) is 2. The van der Waals surface area contributed by atoms with Crippen LogP contribution in [0.1, 0.15) is 32.6 Å². The molecule has 0 aliphatic carbocycles. The van der Waals surface area contributed by atoms with Crippen molar-refractivity contribution in [1.82, 2.24) is 19.5 Å². The van der Waals surface area contributed by atoms with Crippen LogP contribution in [0.4, 0.5) is 5.82 Å². The predicted octanol–water partition coefficient (Wildman–Crippen LogP) is 2.55. The normalized spacial score (nSPS) is 23.3. The molecule has 2 aromatic heterocycles. The van der Waals surface area contributed by atoms with E-state index in [9.17, 15) is 9.90 Å². The maximum Gasteiger partial charge on any atom is 0.341 e. The number of anilines is 1. The number of hydrogen-bond acceptors (Lipinski definition) is 10. The predicted molar refractivity (Wildman–Crippen MR) is 136 cm³/mol. The van der Waals surface area contributed by atoms with Crippen molar-refractivity contribution in [3.8, 4) is 0 Å². The van der Waals surface area contributed by atoms with Crippen LogP contribution in [-0.2, 0) is 30.2 Å². The highest BCUT2D eigenvalue weighted by molar-refractivity contribution is 6.28. The Bertz CT molecular complexity index is 1210. The van der Waals surface area contributed by atoms with Crippen molar-refractivity contribution in [1.29, 1.82) is 0 Å². The van der Waals surface area contributed by atoms with E-state index in [4.69, 9.17) is 36.3 Å². The van der Waals surface area contributed by atoms with Gasteiger partial charge < -0.3 is 29.8 Å². The van der Waals surface area contributed by atoms with Crippen molar-refractivity contribution in [2.24, 2.45) is 5.92 Å². The molecule has 0 spiro atoms. The summed E-state index contributed by atoms with van der Waals surface area (Å²) in [5.74, 6) is -0.733. The summed E-state index contributed by atoms with van der Waals surface area (Å²) in [5, 5.41) is 11.0. The second-order valence-corrected chi connectivity index (χ2v) is 9.28. The molecule has 3 N–H and O–H groups in total. The van der Waals surface area contributed by atoms with Crippen LogP contribution in [0.25, 0.3) is 11.2 Å². The van der Waals surface area contributed by atoms with Crippen LogP contribution in [0.5, 0.6) is 0 Å². The molecular formula is C25H32ClN5O6. The maximum absolute atomic E-state index is 13.2.